The summed E-state index contributed by atoms with van der Waals surface area (Å²) in [5.41, 5.74) is 3.10. The van der Waals surface area contributed by atoms with Gasteiger partial charge in [0.15, 0.2) is 0 Å². The molecule has 2 aromatic carbocycles. The molecule has 96 valence electrons. The smallest absolute Gasteiger partial charge is 0.121 e. The van der Waals surface area contributed by atoms with Gasteiger partial charge in [0.1, 0.15) is 5.75 Å². The second-order valence-electron chi connectivity index (χ2n) is 4.24. The molecule has 0 amide bonds. The van der Waals surface area contributed by atoms with Crippen molar-refractivity contribution in [1.82, 2.24) is 4.98 Å². The molecule has 3 rings (SSSR count). The Kier molecular flexibility index (Phi) is 3.13. The highest BCUT2D eigenvalue weighted by atomic mass is 35.5. The fraction of sp³-hybridized carbons (Fsp3) is 0.0667. The highest BCUT2D eigenvalue weighted by Gasteiger charge is 2.09. The van der Waals surface area contributed by atoms with Crippen LogP contribution in [0.1, 0.15) is 0 Å². The molecular formula is C15H11Cl2NO. The van der Waals surface area contributed by atoms with E-state index in [4.69, 9.17) is 27.9 Å². The van der Waals surface area contributed by atoms with Crippen LogP contribution in [0.3, 0.4) is 0 Å². The van der Waals surface area contributed by atoms with Gasteiger partial charge in [0.25, 0.3) is 0 Å². The van der Waals surface area contributed by atoms with Crippen molar-refractivity contribution in [3.05, 3.63) is 52.6 Å². The zero-order valence-corrected chi connectivity index (χ0v) is 11.7. The fourth-order valence-electron chi connectivity index (χ4n) is 2.16. The fourth-order valence-corrected chi connectivity index (χ4v) is 2.46. The van der Waals surface area contributed by atoms with Crippen LogP contribution in [0, 0.1) is 0 Å². The Morgan fingerprint density at radius 2 is 1.84 bits per heavy atom. The molecule has 0 saturated carbocycles. The molecule has 0 aliphatic heterocycles. The summed E-state index contributed by atoms with van der Waals surface area (Å²) in [5, 5.41) is 2.23. The summed E-state index contributed by atoms with van der Waals surface area (Å²) in [6, 6.07) is 11.6. The zero-order chi connectivity index (χ0) is 13.4. The highest BCUT2D eigenvalue weighted by molar-refractivity contribution is 6.42. The van der Waals surface area contributed by atoms with Crippen LogP contribution in [0.4, 0.5) is 0 Å². The molecule has 0 aliphatic rings. The van der Waals surface area contributed by atoms with Crippen LogP contribution in [-0.4, -0.2) is 12.1 Å². The Labute approximate surface area is 120 Å². The molecule has 0 saturated heterocycles. The topological polar surface area (TPSA) is 25.0 Å². The molecule has 0 aliphatic carbocycles. The first-order valence-corrected chi connectivity index (χ1v) is 6.55. The Bertz CT molecular complexity index is 749. The molecule has 1 aromatic heterocycles. The summed E-state index contributed by atoms with van der Waals surface area (Å²) in [6.45, 7) is 0. The molecule has 0 fully saturated rings. The number of hydrogen-bond donors (Lipinski definition) is 1. The van der Waals surface area contributed by atoms with Crippen molar-refractivity contribution in [3.63, 3.8) is 0 Å². The third-order valence-corrected chi connectivity index (χ3v) is 3.85. The lowest BCUT2D eigenvalue weighted by Crippen LogP contribution is -1.86. The van der Waals surface area contributed by atoms with Crippen LogP contribution >= 0.6 is 23.2 Å². The summed E-state index contributed by atoms with van der Waals surface area (Å²) in [4.78, 5) is 3.19. The predicted molar refractivity (Wildman–Crippen MR) is 80.3 cm³/mol. The molecule has 2 nitrogen and oxygen atoms in total. The van der Waals surface area contributed by atoms with Crippen molar-refractivity contribution in [2.24, 2.45) is 0 Å². The Morgan fingerprint density at radius 3 is 2.58 bits per heavy atom. The number of halogens is 2. The summed E-state index contributed by atoms with van der Waals surface area (Å²) in [5.74, 6) is 0.802. The lowest BCUT2D eigenvalue weighted by molar-refractivity contribution is 0.415. The predicted octanol–water partition coefficient (Wildman–Crippen LogP) is 5.15. The minimum Gasteiger partial charge on any atom is -0.497 e. The minimum absolute atomic E-state index is 0.547. The molecule has 4 heteroatoms. The first kappa shape index (κ1) is 12.4. The van der Waals surface area contributed by atoms with Crippen LogP contribution in [-0.2, 0) is 0 Å². The molecule has 1 N–H and O–H groups in total. The highest BCUT2D eigenvalue weighted by Crippen LogP contribution is 2.35. The standard InChI is InChI=1S/C15H11Cl2NO/c1-19-10-7-12(11-4-5-18-15(11)8-10)9-2-3-13(16)14(17)6-9/h2-8,18H,1H3. The number of aromatic amines is 1. The number of fused-ring (bicyclic) bond motifs is 1. The average molecular weight is 292 g/mol. The monoisotopic (exact) mass is 291 g/mol. The van der Waals surface area contributed by atoms with Crippen molar-refractivity contribution >= 4 is 34.1 Å². The van der Waals surface area contributed by atoms with Gasteiger partial charge in [-0.15, -0.1) is 0 Å². The van der Waals surface area contributed by atoms with Gasteiger partial charge in [0.05, 0.1) is 17.2 Å². The Hall–Kier alpha value is -1.64. The third kappa shape index (κ3) is 2.18. The maximum absolute atomic E-state index is 6.09. The number of ether oxygens (including phenoxy) is 1. The second-order valence-corrected chi connectivity index (χ2v) is 5.06. The van der Waals surface area contributed by atoms with Gasteiger partial charge in [-0.25, -0.2) is 0 Å². The number of methoxy groups -OCH3 is 1. The van der Waals surface area contributed by atoms with E-state index in [1.807, 2.05) is 36.5 Å². The van der Waals surface area contributed by atoms with Gasteiger partial charge >= 0.3 is 0 Å². The minimum atomic E-state index is 0.547. The van der Waals surface area contributed by atoms with Gasteiger partial charge in [-0.2, -0.15) is 0 Å². The molecule has 0 spiro atoms. The van der Waals surface area contributed by atoms with Crippen LogP contribution in [0.5, 0.6) is 5.75 Å². The lowest BCUT2D eigenvalue weighted by Gasteiger charge is -2.08. The van der Waals surface area contributed by atoms with Crippen LogP contribution in [0.25, 0.3) is 22.0 Å². The van der Waals surface area contributed by atoms with E-state index in [1.54, 1.807) is 13.2 Å². The summed E-state index contributed by atoms with van der Waals surface area (Å²) < 4.78 is 5.33. The van der Waals surface area contributed by atoms with Gasteiger partial charge in [-0.1, -0.05) is 29.3 Å². The zero-order valence-electron chi connectivity index (χ0n) is 10.2. The average Bonchev–Trinajstić information content (AvgIpc) is 2.89. The van der Waals surface area contributed by atoms with Crippen molar-refractivity contribution in [2.45, 2.75) is 0 Å². The third-order valence-electron chi connectivity index (χ3n) is 3.11. The van der Waals surface area contributed by atoms with E-state index in [-0.39, 0.29) is 0 Å². The quantitative estimate of drug-likeness (QED) is 0.694. The van der Waals surface area contributed by atoms with Crippen LogP contribution in [0.15, 0.2) is 42.6 Å². The lowest BCUT2D eigenvalue weighted by atomic mass is 10.0. The molecule has 0 atom stereocenters. The first-order valence-electron chi connectivity index (χ1n) is 5.79. The van der Waals surface area contributed by atoms with Crippen LogP contribution in [0.2, 0.25) is 10.0 Å². The Balaban J connectivity index is 2.27. The molecule has 0 unspecified atom stereocenters. The maximum atomic E-state index is 6.09. The molecule has 0 radical (unpaired) electrons. The number of rotatable bonds is 2. The van der Waals surface area contributed by atoms with Gasteiger partial charge < -0.3 is 9.72 Å². The van der Waals surface area contributed by atoms with Crippen molar-refractivity contribution in [3.8, 4) is 16.9 Å². The van der Waals surface area contributed by atoms with E-state index in [1.165, 1.54) is 0 Å². The molecule has 19 heavy (non-hydrogen) atoms. The Morgan fingerprint density at radius 1 is 1.00 bits per heavy atom. The molecular weight excluding hydrogens is 281 g/mol. The van der Waals surface area contributed by atoms with Crippen LogP contribution < -0.4 is 4.74 Å². The van der Waals surface area contributed by atoms with Crippen molar-refractivity contribution < 1.29 is 4.74 Å². The van der Waals surface area contributed by atoms with E-state index in [9.17, 15) is 0 Å². The molecule has 0 bridgehead atoms. The van der Waals surface area contributed by atoms with Gasteiger partial charge in [-0.3, -0.25) is 0 Å². The van der Waals surface area contributed by atoms with Gasteiger partial charge in [0.2, 0.25) is 0 Å². The van der Waals surface area contributed by atoms with E-state index in [0.717, 1.165) is 27.8 Å². The van der Waals surface area contributed by atoms with E-state index < -0.39 is 0 Å². The van der Waals surface area contributed by atoms with Crippen molar-refractivity contribution in [2.75, 3.05) is 7.11 Å². The summed E-state index contributed by atoms with van der Waals surface area (Å²) >= 11 is 12.1. The summed E-state index contributed by atoms with van der Waals surface area (Å²) in [6.07, 6.45) is 1.91. The number of hydrogen-bond acceptors (Lipinski definition) is 1. The van der Waals surface area contributed by atoms with Gasteiger partial charge in [-0.05, 0) is 35.4 Å². The number of nitrogens with one attached hydrogen (secondary N) is 1. The first-order chi connectivity index (χ1) is 9.19. The molecule has 3 aromatic rings. The van der Waals surface area contributed by atoms with E-state index in [0.29, 0.717) is 10.0 Å². The molecule has 1 heterocycles. The normalized spacial score (nSPS) is 10.9. The maximum Gasteiger partial charge on any atom is 0.121 e. The largest absolute Gasteiger partial charge is 0.497 e. The number of H-pyrrole nitrogens is 1. The number of aromatic nitrogens is 1. The number of benzene rings is 2. The summed E-state index contributed by atoms with van der Waals surface area (Å²) in [7, 11) is 1.66. The van der Waals surface area contributed by atoms with E-state index in [2.05, 4.69) is 4.98 Å². The SMILES string of the molecule is COc1cc(-c2ccc(Cl)c(Cl)c2)c2cc[nH]c2c1. The van der Waals surface area contributed by atoms with E-state index >= 15 is 0 Å². The van der Waals surface area contributed by atoms with Crippen molar-refractivity contribution in [1.29, 1.82) is 0 Å². The van der Waals surface area contributed by atoms with Gasteiger partial charge in [0, 0.05) is 23.2 Å². The second kappa shape index (κ2) is 4.80.